The van der Waals surface area contributed by atoms with Crippen molar-refractivity contribution in [3.05, 3.63) is 67.0 Å². The molecule has 1 N–H and O–H groups in total. The number of likely N-dealkylation sites (N-methyl/N-ethyl adjacent to an activating group) is 1. The van der Waals surface area contributed by atoms with Crippen LogP contribution in [0.25, 0.3) is 21.8 Å². The SMILES string of the molecule is CCN(CC)C(=O)Cn1ccc2cc(NC(=O)Cn3ccc4ccccc43)ccc21. The van der Waals surface area contributed by atoms with E-state index < -0.39 is 0 Å². The molecule has 0 spiro atoms. The largest absolute Gasteiger partial charge is 0.342 e. The molecule has 0 saturated heterocycles. The molecule has 2 amide bonds. The molecule has 0 aliphatic rings. The lowest BCUT2D eigenvalue weighted by Crippen LogP contribution is -2.33. The summed E-state index contributed by atoms with van der Waals surface area (Å²) in [5.74, 6) is 0.0284. The minimum absolute atomic E-state index is 0.0770. The summed E-state index contributed by atoms with van der Waals surface area (Å²) in [6, 6.07) is 17.8. The summed E-state index contributed by atoms with van der Waals surface area (Å²) in [7, 11) is 0. The number of nitrogens with zero attached hydrogens (tertiary/aromatic N) is 3. The molecule has 2 heterocycles. The molecule has 0 radical (unpaired) electrons. The van der Waals surface area contributed by atoms with Crippen LogP contribution < -0.4 is 5.32 Å². The van der Waals surface area contributed by atoms with Gasteiger partial charge >= 0.3 is 0 Å². The van der Waals surface area contributed by atoms with Gasteiger partial charge in [-0.15, -0.1) is 0 Å². The van der Waals surface area contributed by atoms with Crippen LogP contribution in [0.15, 0.2) is 67.0 Å². The molecule has 2 aromatic heterocycles. The lowest BCUT2D eigenvalue weighted by Gasteiger charge is -2.19. The van der Waals surface area contributed by atoms with Crippen LogP contribution in [0.5, 0.6) is 0 Å². The average molecular weight is 402 g/mol. The van der Waals surface area contributed by atoms with E-state index in [0.717, 1.165) is 27.5 Å². The molecule has 0 atom stereocenters. The summed E-state index contributed by atoms with van der Waals surface area (Å²) in [4.78, 5) is 26.8. The number of anilines is 1. The Balaban J connectivity index is 1.46. The molecule has 154 valence electrons. The van der Waals surface area contributed by atoms with E-state index in [9.17, 15) is 9.59 Å². The molecule has 30 heavy (non-hydrogen) atoms. The lowest BCUT2D eigenvalue weighted by atomic mass is 10.2. The smallest absolute Gasteiger partial charge is 0.244 e. The number of nitrogens with one attached hydrogen (secondary N) is 1. The maximum atomic E-state index is 12.6. The molecule has 0 aliphatic carbocycles. The Kier molecular flexibility index (Phi) is 5.57. The van der Waals surface area contributed by atoms with Crippen molar-refractivity contribution in [1.29, 1.82) is 0 Å². The van der Waals surface area contributed by atoms with Crippen molar-refractivity contribution >= 4 is 39.3 Å². The van der Waals surface area contributed by atoms with Crippen LogP contribution in [0.2, 0.25) is 0 Å². The Labute approximate surface area is 175 Å². The van der Waals surface area contributed by atoms with Gasteiger partial charge in [0.1, 0.15) is 13.1 Å². The zero-order valence-corrected chi connectivity index (χ0v) is 17.3. The quantitative estimate of drug-likeness (QED) is 0.506. The van der Waals surface area contributed by atoms with E-state index in [1.165, 1.54) is 0 Å². The van der Waals surface area contributed by atoms with Crippen molar-refractivity contribution in [2.45, 2.75) is 26.9 Å². The third-order valence-corrected chi connectivity index (χ3v) is 5.47. The lowest BCUT2D eigenvalue weighted by molar-refractivity contribution is -0.131. The van der Waals surface area contributed by atoms with Gasteiger partial charge in [0.2, 0.25) is 11.8 Å². The normalized spacial score (nSPS) is 11.1. The monoisotopic (exact) mass is 402 g/mol. The number of carbonyl (C=O) groups excluding carboxylic acids is 2. The third kappa shape index (κ3) is 3.94. The summed E-state index contributed by atoms with van der Waals surface area (Å²) in [6.45, 7) is 5.96. The average Bonchev–Trinajstić information content (AvgIpc) is 3.33. The Hall–Kier alpha value is -3.54. The van der Waals surface area contributed by atoms with E-state index in [1.807, 2.05) is 94.9 Å². The van der Waals surface area contributed by atoms with Crippen molar-refractivity contribution in [3.63, 3.8) is 0 Å². The number of hydrogen-bond donors (Lipinski definition) is 1. The fraction of sp³-hybridized carbons (Fsp3) is 0.250. The number of carbonyl (C=O) groups is 2. The van der Waals surface area contributed by atoms with Crippen LogP contribution in [0, 0.1) is 0 Å². The predicted molar refractivity (Wildman–Crippen MR) is 120 cm³/mol. The fourth-order valence-corrected chi connectivity index (χ4v) is 3.87. The highest BCUT2D eigenvalue weighted by Gasteiger charge is 2.12. The van der Waals surface area contributed by atoms with Gasteiger partial charge in [0.05, 0.1) is 0 Å². The van der Waals surface area contributed by atoms with Crippen LogP contribution in [-0.4, -0.2) is 38.9 Å². The number of hydrogen-bond acceptors (Lipinski definition) is 2. The molecule has 0 aliphatic heterocycles. The summed E-state index contributed by atoms with van der Waals surface area (Å²) in [6.07, 6.45) is 3.85. The highest BCUT2D eigenvalue weighted by molar-refractivity contribution is 5.95. The van der Waals surface area contributed by atoms with Crippen molar-refractivity contribution in [1.82, 2.24) is 14.0 Å². The second kappa shape index (κ2) is 8.45. The summed E-state index contributed by atoms with van der Waals surface area (Å²) >= 11 is 0. The van der Waals surface area contributed by atoms with E-state index in [2.05, 4.69) is 5.32 Å². The highest BCUT2D eigenvalue weighted by Crippen LogP contribution is 2.21. The number of fused-ring (bicyclic) bond motifs is 2. The molecular weight excluding hydrogens is 376 g/mol. The van der Waals surface area contributed by atoms with Gasteiger partial charge < -0.3 is 19.4 Å². The molecule has 0 bridgehead atoms. The van der Waals surface area contributed by atoms with Crippen LogP contribution in [-0.2, 0) is 22.7 Å². The molecular formula is C24H26N4O2. The van der Waals surface area contributed by atoms with Crippen LogP contribution >= 0.6 is 0 Å². The molecule has 0 fully saturated rings. The molecule has 6 nitrogen and oxygen atoms in total. The van der Waals surface area contributed by atoms with Gasteiger partial charge in [0.25, 0.3) is 0 Å². The first kappa shape index (κ1) is 19.8. The topological polar surface area (TPSA) is 59.3 Å². The molecule has 2 aromatic carbocycles. The first-order valence-corrected chi connectivity index (χ1v) is 10.3. The number of amides is 2. The minimum atomic E-state index is -0.0770. The summed E-state index contributed by atoms with van der Waals surface area (Å²) < 4.78 is 3.89. The molecule has 0 saturated carbocycles. The maximum absolute atomic E-state index is 12.6. The predicted octanol–water partition coefficient (Wildman–Crippen LogP) is 4.10. The third-order valence-electron chi connectivity index (χ3n) is 5.47. The Morgan fingerprint density at radius 1 is 0.833 bits per heavy atom. The zero-order valence-electron chi connectivity index (χ0n) is 17.3. The van der Waals surface area contributed by atoms with Crippen LogP contribution in [0.4, 0.5) is 5.69 Å². The summed E-state index contributed by atoms with van der Waals surface area (Å²) in [5.41, 5.74) is 2.76. The van der Waals surface area contributed by atoms with Gasteiger partial charge in [-0.05, 0) is 55.6 Å². The van der Waals surface area contributed by atoms with Crippen molar-refractivity contribution in [3.8, 4) is 0 Å². The Morgan fingerprint density at radius 2 is 1.50 bits per heavy atom. The molecule has 4 rings (SSSR count). The Bertz CT molecular complexity index is 1200. The van der Waals surface area contributed by atoms with E-state index in [1.54, 1.807) is 0 Å². The fourth-order valence-electron chi connectivity index (χ4n) is 3.87. The van der Waals surface area contributed by atoms with Gasteiger partial charge in [0, 0.05) is 47.6 Å². The van der Waals surface area contributed by atoms with Crippen molar-refractivity contribution in [2.24, 2.45) is 0 Å². The summed E-state index contributed by atoms with van der Waals surface area (Å²) in [5, 5.41) is 5.09. The van der Waals surface area contributed by atoms with Crippen molar-refractivity contribution < 1.29 is 9.59 Å². The maximum Gasteiger partial charge on any atom is 0.244 e. The van der Waals surface area contributed by atoms with Gasteiger partial charge in [-0.25, -0.2) is 0 Å². The van der Waals surface area contributed by atoms with Gasteiger partial charge in [-0.1, -0.05) is 18.2 Å². The van der Waals surface area contributed by atoms with Gasteiger partial charge in [-0.2, -0.15) is 0 Å². The standard InChI is InChI=1S/C24H26N4O2/c1-3-26(4-2)24(30)17-28-14-12-19-15-20(9-10-22(19)28)25-23(29)16-27-13-11-18-7-5-6-8-21(18)27/h5-15H,3-4,16-17H2,1-2H3,(H,25,29). The van der Waals surface area contributed by atoms with E-state index in [4.69, 9.17) is 0 Å². The Morgan fingerprint density at radius 3 is 2.27 bits per heavy atom. The van der Waals surface area contributed by atoms with E-state index >= 15 is 0 Å². The second-order valence-electron chi connectivity index (χ2n) is 7.33. The number of para-hydroxylation sites is 1. The van der Waals surface area contributed by atoms with Crippen LogP contribution in [0.3, 0.4) is 0 Å². The molecule has 0 unspecified atom stereocenters. The molecule has 6 heteroatoms. The second-order valence-corrected chi connectivity index (χ2v) is 7.33. The number of rotatable bonds is 7. The van der Waals surface area contributed by atoms with Crippen molar-refractivity contribution in [2.75, 3.05) is 18.4 Å². The van der Waals surface area contributed by atoms with Crippen LogP contribution in [0.1, 0.15) is 13.8 Å². The first-order chi connectivity index (χ1) is 14.6. The first-order valence-electron chi connectivity index (χ1n) is 10.3. The highest BCUT2D eigenvalue weighted by atomic mass is 16.2. The number of aromatic nitrogens is 2. The minimum Gasteiger partial charge on any atom is -0.342 e. The zero-order chi connectivity index (χ0) is 21.1. The molecule has 4 aromatic rings. The van der Waals surface area contributed by atoms with Gasteiger partial charge in [0.15, 0.2) is 0 Å². The van der Waals surface area contributed by atoms with E-state index in [0.29, 0.717) is 19.6 Å². The van der Waals surface area contributed by atoms with E-state index in [-0.39, 0.29) is 18.4 Å². The van der Waals surface area contributed by atoms with Gasteiger partial charge in [-0.3, -0.25) is 9.59 Å². The number of benzene rings is 2.